The van der Waals surface area contributed by atoms with Gasteiger partial charge in [-0.05, 0) is 12.8 Å². The van der Waals surface area contributed by atoms with E-state index in [-0.39, 0.29) is 25.8 Å². The van der Waals surface area contributed by atoms with Gasteiger partial charge >= 0.3 is 11.9 Å². The molecule has 1 unspecified atom stereocenters. The van der Waals surface area contributed by atoms with Crippen LogP contribution in [-0.4, -0.2) is 34.5 Å². The summed E-state index contributed by atoms with van der Waals surface area (Å²) in [4.78, 5) is 31.7. The minimum atomic E-state index is -1.24. The van der Waals surface area contributed by atoms with Crippen molar-refractivity contribution in [1.29, 1.82) is 0 Å². The maximum Gasteiger partial charge on any atom is 0.314 e. The molecule has 80 valence electrons. The molecule has 0 aliphatic rings. The predicted octanol–water partition coefficient (Wildman–Crippen LogP) is -0.530. The molecular weight excluding hydrogens is 190 g/mol. The van der Waals surface area contributed by atoms with E-state index in [1.54, 1.807) is 0 Å². The Kier molecular flexibility index (Phi) is 5.47. The van der Waals surface area contributed by atoms with Crippen LogP contribution in [-0.2, 0) is 14.4 Å². The highest BCUT2D eigenvalue weighted by Crippen LogP contribution is 2.09. The fourth-order valence-electron chi connectivity index (χ4n) is 1.02. The van der Waals surface area contributed by atoms with E-state index in [0.717, 1.165) is 0 Å². The van der Waals surface area contributed by atoms with Gasteiger partial charge in [-0.15, -0.1) is 0 Å². The zero-order chi connectivity index (χ0) is 11.1. The van der Waals surface area contributed by atoms with Crippen LogP contribution >= 0.6 is 0 Å². The normalized spacial score (nSPS) is 12.1. The van der Waals surface area contributed by atoms with Crippen molar-refractivity contribution in [2.24, 2.45) is 11.7 Å². The lowest BCUT2D eigenvalue weighted by Crippen LogP contribution is -2.29. The van der Waals surface area contributed by atoms with Crippen LogP contribution in [0.15, 0.2) is 0 Å². The first-order valence-electron chi connectivity index (χ1n) is 4.16. The molecule has 0 heterocycles. The molecule has 4 N–H and O–H groups in total. The molecule has 0 aromatic heterocycles. The van der Waals surface area contributed by atoms with Crippen LogP contribution in [0.5, 0.6) is 0 Å². The minimum Gasteiger partial charge on any atom is -0.481 e. The molecule has 0 radical (unpaired) electrons. The summed E-state index contributed by atoms with van der Waals surface area (Å²) in [5.41, 5.74) is 5.01. The third-order valence-corrected chi connectivity index (χ3v) is 1.77. The number of carbonyl (C=O) groups excluding carboxylic acids is 1. The van der Waals surface area contributed by atoms with E-state index in [9.17, 15) is 14.4 Å². The summed E-state index contributed by atoms with van der Waals surface area (Å²) in [7, 11) is 0. The fraction of sp³-hybridized carbons (Fsp3) is 0.625. The van der Waals surface area contributed by atoms with E-state index < -0.39 is 23.6 Å². The second-order valence-electron chi connectivity index (χ2n) is 2.85. The average Bonchev–Trinajstić information content (AvgIpc) is 2.10. The Morgan fingerprint density at radius 1 is 1.21 bits per heavy atom. The van der Waals surface area contributed by atoms with Crippen molar-refractivity contribution in [1.82, 2.24) is 0 Å². The molecule has 0 aliphatic carbocycles. The highest BCUT2D eigenvalue weighted by molar-refractivity contribution is 5.99. The number of Topliss-reactive ketones (excluding diaryl/α,β-unsaturated/α-hetero) is 1. The van der Waals surface area contributed by atoms with Gasteiger partial charge in [0.1, 0.15) is 5.92 Å². The second kappa shape index (κ2) is 6.09. The van der Waals surface area contributed by atoms with Crippen molar-refractivity contribution in [2.75, 3.05) is 6.54 Å². The first-order chi connectivity index (χ1) is 6.49. The van der Waals surface area contributed by atoms with E-state index in [4.69, 9.17) is 15.9 Å². The molecule has 0 saturated heterocycles. The number of nitrogens with two attached hydrogens (primary N) is 1. The molecule has 0 aliphatic heterocycles. The second-order valence-corrected chi connectivity index (χ2v) is 2.85. The van der Waals surface area contributed by atoms with Crippen LogP contribution in [0.4, 0.5) is 0 Å². The first kappa shape index (κ1) is 12.6. The summed E-state index contributed by atoms with van der Waals surface area (Å²) >= 11 is 0. The van der Waals surface area contributed by atoms with Crippen molar-refractivity contribution in [3.8, 4) is 0 Å². The topological polar surface area (TPSA) is 118 Å². The van der Waals surface area contributed by atoms with Gasteiger partial charge in [0.15, 0.2) is 5.78 Å². The zero-order valence-corrected chi connectivity index (χ0v) is 7.60. The monoisotopic (exact) mass is 203 g/mol. The Morgan fingerprint density at radius 2 is 1.79 bits per heavy atom. The maximum absolute atomic E-state index is 11.0. The lowest BCUT2D eigenvalue weighted by atomic mass is 9.97. The van der Waals surface area contributed by atoms with Gasteiger partial charge in [-0.25, -0.2) is 0 Å². The number of aliphatic carboxylic acids is 2. The van der Waals surface area contributed by atoms with Gasteiger partial charge in [0.05, 0.1) is 6.54 Å². The van der Waals surface area contributed by atoms with Crippen molar-refractivity contribution < 1.29 is 24.6 Å². The van der Waals surface area contributed by atoms with E-state index in [1.165, 1.54) is 0 Å². The molecule has 6 heteroatoms. The quantitative estimate of drug-likeness (QED) is 0.479. The smallest absolute Gasteiger partial charge is 0.314 e. The highest BCUT2D eigenvalue weighted by Gasteiger charge is 2.24. The molecule has 6 nitrogen and oxygen atoms in total. The lowest BCUT2D eigenvalue weighted by Gasteiger charge is -2.08. The number of rotatable bonds is 7. The third kappa shape index (κ3) is 4.56. The van der Waals surface area contributed by atoms with E-state index >= 15 is 0 Å². The van der Waals surface area contributed by atoms with Gasteiger partial charge in [-0.1, -0.05) is 0 Å². The average molecular weight is 203 g/mol. The van der Waals surface area contributed by atoms with E-state index in [2.05, 4.69) is 0 Å². The molecule has 0 amide bonds. The van der Waals surface area contributed by atoms with Gasteiger partial charge in [0.2, 0.25) is 0 Å². The first-order valence-corrected chi connectivity index (χ1v) is 4.16. The Morgan fingerprint density at radius 3 is 2.14 bits per heavy atom. The molecule has 0 spiro atoms. The number of hydrogen-bond donors (Lipinski definition) is 3. The Bertz CT molecular complexity index is 238. The van der Waals surface area contributed by atoms with Crippen LogP contribution in [0.1, 0.15) is 19.3 Å². The summed E-state index contributed by atoms with van der Waals surface area (Å²) in [5.74, 6) is -3.98. The van der Waals surface area contributed by atoms with Gasteiger partial charge < -0.3 is 15.9 Å². The largest absolute Gasteiger partial charge is 0.481 e. The summed E-state index contributed by atoms with van der Waals surface area (Å²) in [6.07, 6.45) is 0.0529. The van der Waals surface area contributed by atoms with Crippen LogP contribution in [0.25, 0.3) is 0 Å². The van der Waals surface area contributed by atoms with Crippen molar-refractivity contribution >= 4 is 17.7 Å². The maximum atomic E-state index is 11.0. The number of carbonyl (C=O) groups is 3. The van der Waals surface area contributed by atoms with Crippen molar-refractivity contribution in [2.45, 2.75) is 19.3 Å². The lowest BCUT2D eigenvalue weighted by molar-refractivity contribution is -0.147. The Balaban J connectivity index is 4.05. The summed E-state index contributed by atoms with van der Waals surface area (Å²) < 4.78 is 0. The summed E-state index contributed by atoms with van der Waals surface area (Å²) in [6.45, 7) is -0.329. The molecule has 0 fully saturated rings. The van der Waals surface area contributed by atoms with E-state index in [1.807, 2.05) is 0 Å². The van der Waals surface area contributed by atoms with Crippen molar-refractivity contribution in [3.63, 3.8) is 0 Å². The molecule has 0 saturated carbocycles. The minimum absolute atomic E-state index is 0.0255. The zero-order valence-electron chi connectivity index (χ0n) is 7.60. The van der Waals surface area contributed by atoms with Crippen LogP contribution in [0.2, 0.25) is 0 Å². The number of hydrogen-bond acceptors (Lipinski definition) is 4. The molecule has 14 heavy (non-hydrogen) atoms. The third-order valence-electron chi connectivity index (χ3n) is 1.77. The van der Waals surface area contributed by atoms with Gasteiger partial charge in [0, 0.05) is 6.42 Å². The number of carboxylic acids is 2. The molecule has 0 bridgehead atoms. The SMILES string of the molecule is NCC(=O)C(CCCC(=O)O)C(=O)O. The van der Waals surface area contributed by atoms with Gasteiger partial charge in [-0.2, -0.15) is 0 Å². The van der Waals surface area contributed by atoms with Crippen LogP contribution in [0.3, 0.4) is 0 Å². The van der Waals surface area contributed by atoms with Gasteiger partial charge in [-0.3, -0.25) is 14.4 Å². The Labute approximate surface area is 80.7 Å². The van der Waals surface area contributed by atoms with Gasteiger partial charge in [0.25, 0.3) is 0 Å². The molecule has 1 atom stereocenters. The fourth-order valence-corrected chi connectivity index (χ4v) is 1.02. The molecular formula is C8H13NO5. The van der Waals surface area contributed by atoms with Crippen LogP contribution in [0, 0.1) is 5.92 Å². The standard InChI is InChI=1S/C8H13NO5/c9-4-6(10)5(8(13)14)2-1-3-7(11)12/h5H,1-4,9H2,(H,11,12)(H,13,14). The Hall–Kier alpha value is -1.43. The molecule has 0 aromatic carbocycles. The van der Waals surface area contributed by atoms with E-state index in [0.29, 0.717) is 0 Å². The molecule has 0 rings (SSSR count). The number of carboxylic acid groups (broad SMARTS) is 2. The summed E-state index contributed by atoms with van der Waals surface area (Å²) in [5, 5.41) is 16.9. The summed E-state index contributed by atoms with van der Waals surface area (Å²) in [6, 6.07) is 0. The predicted molar refractivity (Wildman–Crippen MR) is 46.7 cm³/mol. The molecule has 0 aromatic rings. The number of ketones is 1. The van der Waals surface area contributed by atoms with Crippen LogP contribution < -0.4 is 5.73 Å². The van der Waals surface area contributed by atoms with Crippen molar-refractivity contribution in [3.05, 3.63) is 0 Å². The highest BCUT2D eigenvalue weighted by atomic mass is 16.4.